The van der Waals surface area contributed by atoms with E-state index >= 15 is 0 Å². The zero-order chi connectivity index (χ0) is 17.4. The maximum atomic E-state index is 11.8. The number of methoxy groups -OCH3 is 4. The number of carbonyl (C=O) groups excluding carboxylic acids is 2. The molecule has 0 bridgehead atoms. The van der Waals surface area contributed by atoms with E-state index in [2.05, 4.69) is 15.4 Å². The lowest BCUT2D eigenvalue weighted by Crippen LogP contribution is -2.44. The van der Waals surface area contributed by atoms with Gasteiger partial charge in [0.2, 0.25) is 5.75 Å². The van der Waals surface area contributed by atoms with Crippen molar-refractivity contribution in [3.63, 3.8) is 0 Å². The molecule has 0 aliphatic rings. The Balaban J connectivity index is 2.74. The summed E-state index contributed by atoms with van der Waals surface area (Å²) < 4.78 is 20.2. The van der Waals surface area contributed by atoms with Crippen molar-refractivity contribution < 1.29 is 28.5 Å². The summed E-state index contributed by atoms with van der Waals surface area (Å²) in [6.45, 7) is 1.75. The van der Waals surface area contributed by atoms with Crippen LogP contribution in [0, 0.1) is 0 Å². The van der Waals surface area contributed by atoms with E-state index in [0.717, 1.165) is 5.56 Å². The SMILES string of the molecule is COC(=O)[C@H](C)NC(=O)NCc1cc(OC)c(OC)c(OC)c1. The number of rotatable bonds is 7. The molecule has 23 heavy (non-hydrogen) atoms. The first-order chi connectivity index (χ1) is 11.0. The Morgan fingerprint density at radius 3 is 2.04 bits per heavy atom. The van der Waals surface area contributed by atoms with Crippen LogP contribution in [-0.2, 0) is 16.1 Å². The summed E-state index contributed by atoms with van der Waals surface area (Å²) in [5.74, 6) is 0.939. The van der Waals surface area contributed by atoms with Gasteiger partial charge in [0.05, 0.1) is 28.4 Å². The van der Waals surface area contributed by atoms with Crippen molar-refractivity contribution in [3.8, 4) is 17.2 Å². The van der Waals surface area contributed by atoms with Crippen LogP contribution in [-0.4, -0.2) is 46.5 Å². The summed E-state index contributed by atoms with van der Waals surface area (Å²) in [4.78, 5) is 23.0. The molecule has 0 spiro atoms. The van der Waals surface area contributed by atoms with Crippen molar-refractivity contribution in [2.75, 3.05) is 28.4 Å². The van der Waals surface area contributed by atoms with Gasteiger partial charge in [-0.15, -0.1) is 0 Å². The smallest absolute Gasteiger partial charge is 0.328 e. The number of esters is 1. The van der Waals surface area contributed by atoms with Crippen LogP contribution in [0.4, 0.5) is 4.79 Å². The topological polar surface area (TPSA) is 95.1 Å². The summed E-state index contributed by atoms with van der Waals surface area (Å²) in [6.07, 6.45) is 0. The second kappa shape index (κ2) is 8.72. The molecule has 8 heteroatoms. The van der Waals surface area contributed by atoms with Crippen molar-refractivity contribution in [3.05, 3.63) is 17.7 Å². The van der Waals surface area contributed by atoms with Crippen molar-refractivity contribution in [1.82, 2.24) is 10.6 Å². The standard InChI is InChI=1S/C15H22N2O6/c1-9(14(18)23-5)17-15(19)16-8-10-6-11(20-2)13(22-4)12(7-10)21-3/h6-7,9H,8H2,1-5H3,(H2,16,17,19)/t9-/m0/s1. The number of hydrogen-bond acceptors (Lipinski definition) is 6. The van der Waals surface area contributed by atoms with Gasteiger partial charge in [-0.3, -0.25) is 0 Å². The third-order valence-electron chi connectivity index (χ3n) is 3.08. The molecule has 0 fully saturated rings. The second-order valence-electron chi connectivity index (χ2n) is 4.61. The first-order valence-electron chi connectivity index (χ1n) is 6.87. The summed E-state index contributed by atoms with van der Waals surface area (Å²) >= 11 is 0. The van der Waals surface area contributed by atoms with E-state index in [1.807, 2.05) is 0 Å². The Labute approximate surface area is 135 Å². The van der Waals surface area contributed by atoms with Gasteiger partial charge >= 0.3 is 12.0 Å². The van der Waals surface area contributed by atoms with Gasteiger partial charge in [0.15, 0.2) is 11.5 Å². The summed E-state index contributed by atoms with van der Waals surface area (Å²) in [5.41, 5.74) is 0.750. The van der Waals surface area contributed by atoms with Crippen LogP contribution in [0.3, 0.4) is 0 Å². The zero-order valence-electron chi connectivity index (χ0n) is 13.9. The van der Waals surface area contributed by atoms with Crippen molar-refractivity contribution in [2.45, 2.75) is 19.5 Å². The molecule has 0 aliphatic carbocycles. The Morgan fingerprint density at radius 2 is 1.61 bits per heavy atom. The first-order valence-corrected chi connectivity index (χ1v) is 6.87. The van der Waals surface area contributed by atoms with Gasteiger partial charge in [0, 0.05) is 6.54 Å². The number of urea groups is 1. The average Bonchev–Trinajstić information content (AvgIpc) is 2.57. The van der Waals surface area contributed by atoms with Crippen LogP contribution in [0.5, 0.6) is 17.2 Å². The number of ether oxygens (including phenoxy) is 4. The molecular weight excluding hydrogens is 304 g/mol. The van der Waals surface area contributed by atoms with E-state index in [4.69, 9.17) is 14.2 Å². The van der Waals surface area contributed by atoms with E-state index in [0.29, 0.717) is 17.2 Å². The van der Waals surface area contributed by atoms with Crippen LogP contribution in [0.25, 0.3) is 0 Å². The number of hydrogen-bond donors (Lipinski definition) is 2. The molecule has 0 saturated heterocycles. The molecule has 128 valence electrons. The average molecular weight is 326 g/mol. The zero-order valence-corrected chi connectivity index (χ0v) is 13.9. The van der Waals surface area contributed by atoms with Crippen LogP contribution in [0.2, 0.25) is 0 Å². The lowest BCUT2D eigenvalue weighted by atomic mass is 10.2. The minimum Gasteiger partial charge on any atom is -0.493 e. The van der Waals surface area contributed by atoms with Crippen molar-refractivity contribution >= 4 is 12.0 Å². The molecule has 1 atom stereocenters. The Morgan fingerprint density at radius 1 is 1.04 bits per heavy atom. The van der Waals surface area contributed by atoms with Gasteiger partial charge in [0.1, 0.15) is 6.04 Å². The summed E-state index contributed by atoms with van der Waals surface area (Å²) in [5, 5.41) is 5.11. The fourth-order valence-electron chi connectivity index (χ4n) is 1.90. The molecule has 0 heterocycles. The highest BCUT2D eigenvalue weighted by Gasteiger charge is 2.16. The predicted molar refractivity (Wildman–Crippen MR) is 82.9 cm³/mol. The quantitative estimate of drug-likeness (QED) is 0.728. The van der Waals surface area contributed by atoms with Gasteiger partial charge in [-0.05, 0) is 24.6 Å². The number of amides is 2. The third-order valence-corrected chi connectivity index (χ3v) is 3.08. The molecule has 1 aromatic carbocycles. The van der Waals surface area contributed by atoms with Crippen molar-refractivity contribution in [1.29, 1.82) is 0 Å². The van der Waals surface area contributed by atoms with Gasteiger partial charge in [-0.1, -0.05) is 0 Å². The molecule has 1 rings (SSSR count). The predicted octanol–water partition coefficient (Wildman–Crippen LogP) is 1.07. The molecule has 0 aromatic heterocycles. The van der Waals surface area contributed by atoms with E-state index in [9.17, 15) is 9.59 Å². The molecule has 0 unspecified atom stereocenters. The minimum atomic E-state index is -0.736. The molecule has 0 radical (unpaired) electrons. The highest BCUT2D eigenvalue weighted by Crippen LogP contribution is 2.38. The summed E-state index contributed by atoms with van der Waals surface area (Å²) in [6, 6.07) is 2.23. The fraction of sp³-hybridized carbons (Fsp3) is 0.467. The van der Waals surface area contributed by atoms with Crippen LogP contribution in [0.1, 0.15) is 12.5 Å². The molecule has 1 aromatic rings. The van der Waals surface area contributed by atoms with Crippen molar-refractivity contribution in [2.24, 2.45) is 0 Å². The first kappa shape index (κ1) is 18.4. The van der Waals surface area contributed by atoms with E-state index in [1.165, 1.54) is 35.4 Å². The van der Waals surface area contributed by atoms with E-state index in [1.54, 1.807) is 12.1 Å². The minimum absolute atomic E-state index is 0.219. The van der Waals surface area contributed by atoms with Gasteiger partial charge in [-0.2, -0.15) is 0 Å². The maximum Gasteiger partial charge on any atom is 0.328 e. The lowest BCUT2D eigenvalue weighted by molar-refractivity contribution is -0.142. The third kappa shape index (κ3) is 4.94. The molecular formula is C15H22N2O6. The van der Waals surface area contributed by atoms with Gasteiger partial charge in [0.25, 0.3) is 0 Å². The Kier molecular flexibility index (Phi) is 6.98. The second-order valence-corrected chi connectivity index (χ2v) is 4.61. The number of carbonyl (C=O) groups is 2. The monoisotopic (exact) mass is 326 g/mol. The Hall–Kier alpha value is -2.64. The fourth-order valence-corrected chi connectivity index (χ4v) is 1.90. The van der Waals surface area contributed by atoms with Crippen LogP contribution < -0.4 is 24.8 Å². The van der Waals surface area contributed by atoms with E-state index in [-0.39, 0.29) is 6.54 Å². The maximum absolute atomic E-state index is 11.8. The van der Waals surface area contributed by atoms with Crippen LogP contribution >= 0.6 is 0 Å². The highest BCUT2D eigenvalue weighted by atomic mass is 16.5. The number of nitrogens with one attached hydrogen (secondary N) is 2. The molecule has 2 N–H and O–H groups in total. The summed E-state index contributed by atoms with van der Waals surface area (Å²) in [7, 11) is 5.80. The molecule has 8 nitrogen and oxygen atoms in total. The normalized spacial score (nSPS) is 11.2. The van der Waals surface area contributed by atoms with E-state index < -0.39 is 18.0 Å². The highest BCUT2D eigenvalue weighted by molar-refractivity contribution is 5.83. The Bertz CT molecular complexity index is 536. The molecule has 2 amide bonds. The lowest BCUT2D eigenvalue weighted by Gasteiger charge is -2.15. The molecule has 0 saturated carbocycles. The van der Waals surface area contributed by atoms with Gasteiger partial charge in [-0.25, -0.2) is 9.59 Å². The van der Waals surface area contributed by atoms with Crippen LogP contribution in [0.15, 0.2) is 12.1 Å². The molecule has 0 aliphatic heterocycles. The van der Waals surface area contributed by atoms with Gasteiger partial charge < -0.3 is 29.6 Å². The number of benzene rings is 1. The largest absolute Gasteiger partial charge is 0.493 e.